The SMILES string of the molecule is O=C(O)C=Cc1ccc(NC(=O)Cc2c[nH]c3ccccc23)cc1. The van der Waals surface area contributed by atoms with Gasteiger partial charge in [-0.15, -0.1) is 0 Å². The van der Waals surface area contributed by atoms with Crippen molar-refractivity contribution in [2.45, 2.75) is 6.42 Å². The van der Waals surface area contributed by atoms with Crippen LogP contribution in [0, 0.1) is 0 Å². The fourth-order valence-corrected chi connectivity index (χ4v) is 2.50. The third-order valence-corrected chi connectivity index (χ3v) is 3.64. The Labute approximate surface area is 138 Å². The quantitative estimate of drug-likeness (QED) is 0.630. The molecule has 2 aromatic carbocycles. The van der Waals surface area contributed by atoms with Crippen LogP contribution in [-0.4, -0.2) is 22.0 Å². The van der Waals surface area contributed by atoms with Gasteiger partial charge in [-0.25, -0.2) is 4.79 Å². The van der Waals surface area contributed by atoms with Crippen LogP contribution in [0.15, 0.2) is 60.8 Å². The standard InChI is InChI=1S/C19H16N2O3/c22-18(11-14-12-20-17-4-2-1-3-16(14)17)21-15-8-5-13(6-9-15)7-10-19(23)24/h1-10,12,20H,11H2,(H,21,22)(H,23,24). The third-order valence-electron chi connectivity index (χ3n) is 3.64. The van der Waals surface area contributed by atoms with E-state index >= 15 is 0 Å². The molecule has 0 bridgehead atoms. The highest BCUT2D eigenvalue weighted by Crippen LogP contribution is 2.19. The Kier molecular flexibility index (Phi) is 4.43. The predicted molar refractivity (Wildman–Crippen MR) is 93.7 cm³/mol. The summed E-state index contributed by atoms with van der Waals surface area (Å²) in [6, 6.07) is 14.8. The number of H-pyrrole nitrogens is 1. The predicted octanol–water partition coefficient (Wildman–Crippen LogP) is 3.45. The summed E-state index contributed by atoms with van der Waals surface area (Å²) in [6.45, 7) is 0. The van der Waals surface area contributed by atoms with E-state index in [1.807, 2.05) is 30.5 Å². The number of fused-ring (bicyclic) bond motifs is 1. The largest absolute Gasteiger partial charge is 0.478 e. The second kappa shape index (κ2) is 6.83. The van der Waals surface area contributed by atoms with Crippen LogP contribution < -0.4 is 5.32 Å². The molecule has 3 rings (SSSR count). The number of benzene rings is 2. The number of anilines is 1. The van der Waals surface area contributed by atoms with Crippen molar-refractivity contribution >= 4 is 34.5 Å². The highest BCUT2D eigenvalue weighted by Gasteiger charge is 2.08. The van der Waals surface area contributed by atoms with Crippen LogP contribution in [0.2, 0.25) is 0 Å². The molecule has 0 aliphatic rings. The molecule has 0 fully saturated rings. The molecule has 120 valence electrons. The number of carboxylic acid groups (broad SMARTS) is 1. The van der Waals surface area contributed by atoms with Crippen molar-refractivity contribution in [3.05, 3.63) is 71.9 Å². The molecule has 1 heterocycles. The van der Waals surface area contributed by atoms with Crippen molar-refractivity contribution in [1.29, 1.82) is 0 Å². The van der Waals surface area contributed by atoms with Gasteiger partial charge in [-0.05, 0) is 35.4 Å². The number of nitrogens with one attached hydrogen (secondary N) is 2. The Morgan fingerprint density at radius 2 is 1.83 bits per heavy atom. The molecule has 3 N–H and O–H groups in total. The van der Waals surface area contributed by atoms with Gasteiger partial charge < -0.3 is 15.4 Å². The molecule has 0 aliphatic carbocycles. The molecule has 0 spiro atoms. The van der Waals surface area contributed by atoms with Crippen LogP contribution in [0.5, 0.6) is 0 Å². The van der Waals surface area contributed by atoms with E-state index in [1.165, 1.54) is 6.08 Å². The van der Waals surface area contributed by atoms with Gasteiger partial charge in [0.1, 0.15) is 0 Å². The van der Waals surface area contributed by atoms with E-state index in [1.54, 1.807) is 24.3 Å². The molecular formula is C19H16N2O3. The fourth-order valence-electron chi connectivity index (χ4n) is 2.50. The average Bonchev–Trinajstić information content (AvgIpc) is 2.97. The van der Waals surface area contributed by atoms with Crippen molar-refractivity contribution in [2.75, 3.05) is 5.32 Å². The smallest absolute Gasteiger partial charge is 0.328 e. The van der Waals surface area contributed by atoms with E-state index in [0.717, 1.165) is 28.1 Å². The number of hydrogen-bond donors (Lipinski definition) is 3. The Bertz CT molecular complexity index is 908. The Hall–Kier alpha value is -3.34. The molecule has 0 saturated carbocycles. The van der Waals surface area contributed by atoms with E-state index in [9.17, 15) is 9.59 Å². The van der Waals surface area contributed by atoms with Crippen LogP contribution in [0.25, 0.3) is 17.0 Å². The van der Waals surface area contributed by atoms with Crippen molar-refractivity contribution in [3.8, 4) is 0 Å². The highest BCUT2D eigenvalue weighted by atomic mass is 16.4. The molecule has 24 heavy (non-hydrogen) atoms. The van der Waals surface area contributed by atoms with Gasteiger partial charge in [0.2, 0.25) is 5.91 Å². The number of hydrogen-bond acceptors (Lipinski definition) is 2. The maximum absolute atomic E-state index is 12.2. The first-order chi connectivity index (χ1) is 11.6. The lowest BCUT2D eigenvalue weighted by atomic mass is 10.1. The van der Waals surface area contributed by atoms with Gasteiger partial charge in [-0.1, -0.05) is 30.3 Å². The minimum absolute atomic E-state index is 0.103. The molecule has 0 saturated heterocycles. The van der Waals surface area contributed by atoms with E-state index in [4.69, 9.17) is 5.11 Å². The number of amides is 1. The fraction of sp³-hybridized carbons (Fsp3) is 0.0526. The normalized spacial score (nSPS) is 11.0. The second-order valence-electron chi connectivity index (χ2n) is 5.38. The van der Waals surface area contributed by atoms with Crippen LogP contribution in [0.4, 0.5) is 5.69 Å². The molecular weight excluding hydrogens is 304 g/mol. The maximum atomic E-state index is 12.2. The molecule has 1 amide bonds. The van der Waals surface area contributed by atoms with Gasteiger partial charge in [0.15, 0.2) is 0 Å². The van der Waals surface area contributed by atoms with Crippen molar-refractivity contribution in [1.82, 2.24) is 4.98 Å². The summed E-state index contributed by atoms with van der Waals surface area (Å²) in [6.07, 6.45) is 4.71. The lowest BCUT2D eigenvalue weighted by Crippen LogP contribution is -2.14. The summed E-state index contributed by atoms with van der Waals surface area (Å²) in [5, 5.41) is 12.5. The summed E-state index contributed by atoms with van der Waals surface area (Å²) in [5.74, 6) is -1.10. The second-order valence-corrected chi connectivity index (χ2v) is 5.38. The number of aliphatic carboxylic acids is 1. The number of carbonyl (C=O) groups excluding carboxylic acids is 1. The molecule has 0 unspecified atom stereocenters. The molecule has 1 aromatic heterocycles. The Morgan fingerprint density at radius 3 is 2.58 bits per heavy atom. The van der Waals surface area contributed by atoms with E-state index in [2.05, 4.69) is 10.3 Å². The molecule has 0 radical (unpaired) electrons. The lowest BCUT2D eigenvalue weighted by molar-refractivity contribution is -0.131. The van der Waals surface area contributed by atoms with Crippen LogP contribution in [0.3, 0.4) is 0 Å². The molecule has 3 aromatic rings. The maximum Gasteiger partial charge on any atom is 0.328 e. The summed E-state index contributed by atoms with van der Waals surface area (Å²) in [7, 11) is 0. The number of aromatic amines is 1. The first kappa shape index (κ1) is 15.6. The summed E-state index contributed by atoms with van der Waals surface area (Å²) >= 11 is 0. The van der Waals surface area contributed by atoms with Crippen molar-refractivity contribution in [3.63, 3.8) is 0 Å². The molecule has 5 nitrogen and oxygen atoms in total. The third kappa shape index (κ3) is 3.70. The van der Waals surface area contributed by atoms with Gasteiger partial charge in [-0.2, -0.15) is 0 Å². The number of carbonyl (C=O) groups is 2. The number of aromatic nitrogens is 1. The average molecular weight is 320 g/mol. The highest BCUT2D eigenvalue weighted by molar-refractivity contribution is 5.95. The van der Waals surface area contributed by atoms with Gasteiger partial charge in [-0.3, -0.25) is 4.79 Å². The monoisotopic (exact) mass is 320 g/mol. The van der Waals surface area contributed by atoms with Gasteiger partial charge in [0.05, 0.1) is 6.42 Å². The number of rotatable bonds is 5. The van der Waals surface area contributed by atoms with E-state index < -0.39 is 5.97 Å². The minimum Gasteiger partial charge on any atom is -0.478 e. The molecule has 0 aliphatic heterocycles. The van der Waals surface area contributed by atoms with Crippen LogP contribution >= 0.6 is 0 Å². The van der Waals surface area contributed by atoms with Gasteiger partial charge in [0, 0.05) is 28.9 Å². The Morgan fingerprint density at radius 1 is 1.08 bits per heavy atom. The van der Waals surface area contributed by atoms with Crippen molar-refractivity contribution in [2.24, 2.45) is 0 Å². The van der Waals surface area contributed by atoms with E-state index in [0.29, 0.717) is 5.69 Å². The molecule has 0 atom stereocenters. The van der Waals surface area contributed by atoms with Crippen molar-refractivity contribution < 1.29 is 14.7 Å². The lowest BCUT2D eigenvalue weighted by Gasteiger charge is -2.05. The summed E-state index contributed by atoms with van der Waals surface area (Å²) < 4.78 is 0. The summed E-state index contributed by atoms with van der Waals surface area (Å²) in [5.41, 5.74) is 3.39. The Balaban J connectivity index is 1.65. The van der Waals surface area contributed by atoms with E-state index in [-0.39, 0.29) is 12.3 Å². The van der Waals surface area contributed by atoms with Gasteiger partial charge >= 0.3 is 5.97 Å². The zero-order chi connectivity index (χ0) is 16.9. The topological polar surface area (TPSA) is 82.2 Å². The zero-order valence-electron chi connectivity index (χ0n) is 12.8. The first-order valence-corrected chi connectivity index (χ1v) is 7.48. The first-order valence-electron chi connectivity index (χ1n) is 7.48. The van der Waals surface area contributed by atoms with Crippen LogP contribution in [-0.2, 0) is 16.0 Å². The summed E-state index contributed by atoms with van der Waals surface area (Å²) in [4.78, 5) is 25.8. The number of para-hydroxylation sites is 1. The number of carboxylic acids is 1. The minimum atomic E-state index is -0.994. The molecule has 5 heteroatoms. The zero-order valence-corrected chi connectivity index (χ0v) is 12.8. The van der Waals surface area contributed by atoms with Crippen LogP contribution in [0.1, 0.15) is 11.1 Å². The van der Waals surface area contributed by atoms with Gasteiger partial charge in [0.25, 0.3) is 0 Å².